The van der Waals surface area contributed by atoms with Crippen molar-refractivity contribution < 1.29 is 0 Å². The van der Waals surface area contributed by atoms with E-state index >= 15 is 0 Å². The van der Waals surface area contributed by atoms with Crippen LogP contribution >= 0.6 is 0 Å². The first-order valence-corrected chi connectivity index (χ1v) is 10.6. The molecule has 9 heteroatoms. The van der Waals surface area contributed by atoms with Gasteiger partial charge in [-0.3, -0.25) is 4.98 Å². The summed E-state index contributed by atoms with van der Waals surface area (Å²) in [4.78, 5) is 10.7. The highest BCUT2D eigenvalue weighted by atomic mass is 15.5. The number of pyridine rings is 1. The van der Waals surface area contributed by atoms with Gasteiger partial charge in [0, 0.05) is 35.1 Å². The van der Waals surface area contributed by atoms with E-state index in [2.05, 4.69) is 38.4 Å². The Morgan fingerprint density at radius 1 is 1.03 bits per heavy atom. The van der Waals surface area contributed by atoms with Crippen LogP contribution in [0, 0.1) is 28.6 Å². The molecule has 1 aliphatic carbocycles. The van der Waals surface area contributed by atoms with Gasteiger partial charge in [0.25, 0.3) is 0 Å². The largest absolute Gasteiger partial charge is 0.256 e. The molecule has 1 fully saturated rings. The van der Waals surface area contributed by atoms with Crippen LogP contribution in [0.2, 0.25) is 0 Å². The lowest BCUT2D eigenvalue weighted by molar-refractivity contribution is 0.0713. The minimum atomic E-state index is -0.522. The molecule has 0 atom stereocenters. The van der Waals surface area contributed by atoms with Gasteiger partial charge < -0.3 is 0 Å². The van der Waals surface area contributed by atoms with E-state index in [0.29, 0.717) is 18.5 Å². The summed E-state index contributed by atoms with van der Waals surface area (Å²) in [7, 11) is 0. The molecule has 4 heterocycles. The van der Waals surface area contributed by atoms with E-state index in [9.17, 15) is 10.5 Å². The van der Waals surface area contributed by atoms with Gasteiger partial charge in [0.1, 0.15) is 5.69 Å². The number of nitrogens with zero attached hydrogens (tertiary/aromatic N) is 9. The third-order valence-corrected chi connectivity index (χ3v) is 6.35. The number of fused-ring (bicyclic) bond motifs is 2. The van der Waals surface area contributed by atoms with Crippen molar-refractivity contribution in [2.75, 3.05) is 0 Å². The number of nitriles is 2. The van der Waals surface area contributed by atoms with Gasteiger partial charge in [-0.05, 0) is 42.7 Å². The van der Waals surface area contributed by atoms with E-state index in [1.54, 1.807) is 34.1 Å². The molecular formula is C24H17N9. The Bertz CT molecular complexity index is 1590. The van der Waals surface area contributed by atoms with E-state index in [-0.39, 0.29) is 12.3 Å². The number of hydrogen-bond donors (Lipinski definition) is 0. The highest BCUT2D eigenvalue weighted by Gasteiger charge is 2.48. The van der Waals surface area contributed by atoms with E-state index < -0.39 is 5.54 Å². The molecule has 9 nitrogen and oxygen atoms in total. The van der Waals surface area contributed by atoms with Crippen molar-refractivity contribution in [3.63, 3.8) is 0 Å². The van der Waals surface area contributed by atoms with Gasteiger partial charge in [-0.1, -0.05) is 6.07 Å². The van der Waals surface area contributed by atoms with Crippen LogP contribution in [-0.4, -0.2) is 34.6 Å². The van der Waals surface area contributed by atoms with Gasteiger partial charge in [0.15, 0.2) is 5.65 Å². The number of hydrogen-bond acceptors (Lipinski definition) is 7. The Labute approximate surface area is 188 Å². The summed E-state index contributed by atoms with van der Waals surface area (Å²) in [5.74, 6) is -0.0655. The molecule has 6 rings (SSSR count). The highest BCUT2D eigenvalue weighted by Crippen LogP contribution is 2.45. The fraction of sp³-hybridized carbons (Fsp3) is 0.208. The molecule has 4 aromatic heterocycles. The van der Waals surface area contributed by atoms with E-state index in [4.69, 9.17) is 5.10 Å². The molecule has 0 spiro atoms. The Morgan fingerprint density at radius 2 is 1.91 bits per heavy atom. The summed E-state index contributed by atoms with van der Waals surface area (Å²) in [5.41, 5.74) is 4.47. The second kappa shape index (κ2) is 7.21. The summed E-state index contributed by atoms with van der Waals surface area (Å²) < 4.78 is 1.74. The number of rotatable bonds is 4. The molecular weight excluding hydrogens is 414 g/mol. The lowest BCUT2D eigenvalue weighted by atomic mass is 9.68. The van der Waals surface area contributed by atoms with Crippen LogP contribution in [0.25, 0.3) is 38.9 Å². The smallest absolute Gasteiger partial charge is 0.162 e. The van der Waals surface area contributed by atoms with Crippen LogP contribution in [0.15, 0.2) is 61.3 Å². The molecule has 0 radical (unpaired) electrons. The maximum absolute atomic E-state index is 9.36. The van der Waals surface area contributed by atoms with Crippen molar-refractivity contribution in [1.82, 2.24) is 34.6 Å². The maximum atomic E-state index is 9.36. The molecule has 5 aromatic rings. The zero-order chi connectivity index (χ0) is 22.4. The third-order valence-electron chi connectivity index (χ3n) is 6.35. The van der Waals surface area contributed by atoms with Gasteiger partial charge in [-0.15, -0.1) is 0 Å². The molecule has 1 saturated carbocycles. The normalized spacial score (nSPS) is 19.8. The van der Waals surface area contributed by atoms with E-state index in [1.807, 2.05) is 30.5 Å². The monoisotopic (exact) mass is 431 g/mol. The third kappa shape index (κ3) is 2.94. The minimum absolute atomic E-state index is 0.0655. The maximum Gasteiger partial charge on any atom is 0.162 e. The molecule has 0 N–H and O–H groups in total. The first-order valence-electron chi connectivity index (χ1n) is 10.6. The van der Waals surface area contributed by atoms with Crippen LogP contribution in [0.5, 0.6) is 0 Å². The van der Waals surface area contributed by atoms with E-state index in [0.717, 1.165) is 33.2 Å². The van der Waals surface area contributed by atoms with Crippen LogP contribution < -0.4 is 0 Å². The summed E-state index contributed by atoms with van der Waals surface area (Å²) in [6, 6.07) is 14.3. The zero-order valence-corrected chi connectivity index (χ0v) is 17.5. The molecule has 0 saturated heterocycles. The second-order valence-corrected chi connectivity index (χ2v) is 8.35. The zero-order valence-electron chi connectivity index (χ0n) is 17.5. The molecule has 158 valence electrons. The van der Waals surface area contributed by atoms with Crippen LogP contribution in [0.4, 0.5) is 0 Å². The lowest BCUT2D eigenvalue weighted by Gasteiger charge is -2.42. The van der Waals surface area contributed by atoms with Gasteiger partial charge in [-0.25, -0.2) is 9.50 Å². The lowest BCUT2D eigenvalue weighted by Crippen LogP contribution is -2.47. The summed E-state index contributed by atoms with van der Waals surface area (Å²) in [5, 5.41) is 33.3. The Balaban J connectivity index is 1.50. The van der Waals surface area contributed by atoms with Gasteiger partial charge in [0.2, 0.25) is 0 Å². The van der Waals surface area contributed by atoms with E-state index in [1.165, 1.54) is 0 Å². The quantitative estimate of drug-likeness (QED) is 0.425. The Kier molecular flexibility index (Phi) is 4.17. The average Bonchev–Trinajstić information content (AvgIpc) is 3.48. The second-order valence-electron chi connectivity index (χ2n) is 8.35. The molecule has 1 aromatic carbocycles. The van der Waals surface area contributed by atoms with Crippen LogP contribution in [-0.2, 0) is 5.54 Å². The fourth-order valence-electron chi connectivity index (χ4n) is 4.67. The topological polar surface area (TPSA) is 121 Å². The molecule has 33 heavy (non-hydrogen) atoms. The number of benzene rings is 1. The van der Waals surface area contributed by atoms with Crippen molar-refractivity contribution in [2.24, 2.45) is 5.92 Å². The standard InChI is InChI=1S/C24H17N9/c25-5-4-24(11-16(12-24)13-26)33-30-15-22(31-33)19-9-17(10-21-18(19)3-1-6-27-21)20-14-29-32-8-2-7-28-23(20)32/h1-3,6-10,14-16H,4,11-12H2/t16-,24+. The first-order chi connectivity index (χ1) is 16.2. The van der Waals surface area contributed by atoms with Crippen LogP contribution in [0.1, 0.15) is 19.3 Å². The fourth-order valence-corrected chi connectivity index (χ4v) is 4.67. The SMILES string of the molecule is N#CC[C@]1(n2ncc(-c3cc(-c4cnn5cccnc45)cc4ncccc34)n2)C[C@@H](C#N)C1. The van der Waals surface area contributed by atoms with Crippen molar-refractivity contribution in [3.8, 4) is 34.5 Å². The van der Waals surface area contributed by atoms with Gasteiger partial charge >= 0.3 is 0 Å². The predicted octanol–water partition coefficient (Wildman–Crippen LogP) is 3.75. The highest BCUT2D eigenvalue weighted by molar-refractivity contribution is 5.98. The predicted molar refractivity (Wildman–Crippen MR) is 119 cm³/mol. The van der Waals surface area contributed by atoms with Gasteiger partial charge in [-0.2, -0.15) is 30.6 Å². The van der Waals surface area contributed by atoms with Crippen molar-refractivity contribution in [2.45, 2.75) is 24.8 Å². The number of aromatic nitrogens is 7. The summed E-state index contributed by atoms with van der Waals surface area (Å²) in [6.45, 7) is 0. The van der Waals surface area contributed by atoms with Crippen molar-refractivity contribution in [1.29, 1.82) is 10.5 Å². The first kappa shape index (κ1) is 19.1. The summed E-state index contributed by atoms with van der Waals surface area (Å²) in [6.07, 6.45) is 10.3. The van der Waals surface area contributed by atoms with Crippen molar-refractivity contribution in [3.05, 3.63) is 61.3 Å². The molecule has 0 aliphatic heterocycles. The van der Waals surface area contributed by atoms with Crippen LogP contribution in [0.3, 0.4) is 0 Å². The Morgan fingerprint density at radius 3 is 2.76 bits per heavy atom. The molecule has 1 aliphatic rings. The molecule has 0 amide bonds. The van der Waals surface area contributed by atoms with Gasteiger partial charge in [0.05, 0.1) is 47.9 Å². The summed E-state index contributed by atoms with van der Waals surface area (Å²) >= 11 is 0. The average molecular weight is 431 g/mol. The van der Waals surface area contributed by atoms with Crippen molar-refractivity contribution >= 4 is 16.6 Å². The minimum Gasteiger partial charge on any atom is -0.256 e. The molecule has 0 unspecified atom stereocenters. The molecule has 0 bridgehead atoms. The Hall–Kier alpha value is -4.63.